The van der Waals surface area contributed by atoms with Crippen molar-refractivity contribution in [3.8, 4) is 0 Å². The van der Waals surface area contributed by atoms with E-state index < -0.39 is 40.5 Å². The summed E-state index contributed by atoms with van der Waals surface area (Å²) in [6, 6.07) is -3.40. The van der Waals surface area contributed by atoms with Gasteiger partial charge in [0.15, 0.2) is 12.1 Å². The summed E-state index contributed by atoms with van der Waals surface area (Å²) in [4.78, 5) is 36.5. The highest BCUT2D eigenvalue weighted by molar-refractivity contribution is 5.77. The molecule has 2 N–H and O–H groups in total. The van der Waals surface area contributed by atoms with E-state index in [9.17, 15) is 29.7 Å². The quantitative estimate of drug-likeness (QED) is 0.0975. The molecule has 36 heavy (non-hydrogen) atoms. The van der Waals surface area contributed by atoms with Crippen LogP contribution in [0.5, 0.6) is 0 Å². The molecule has 7 heteroatoms. The maximum absolute atomic E-state index is 12.2. The van der Waals surface area contributed by atoms with Gasteiger partial charge in [-0.3, -0.25) is 4.48 Å². The van der Waals surface area contributed by atoms with Crippen molar-refractivity contribution in [3.05, 3.63) is 12.2 Å². The van der Waals surface area contributed by atoms with Crippen molar-refractivity contribution in [1.82, 2.24) is 0 Å². The van der Waals surface area contributed by atoms with Crippen molar-refractivity contribution in [2.75, 3.05) is 6.54 Å². The normalized spacial score (nSPS) is 15.9. The van der Waals surface area contributed by atoms with Crippen LogP contribution in [0.2, 0.25) is 0 Å². The van der Waals surface area contributed by atoms with Gasteiger partial charge in [0.1, 0.15) is 6.04 Å². The van der Waals surface area contributed by atoms with E-state index in [1.165, 1.54) is 51.4 Å². The van der Waals surface area contributed by atoms with E-state index in [1.54, 1.807) is 20.8 Å². The van der Waals surface area contributed by atoms with Gasteiger partial charge in [0.2, 0.25) is 0 Å². The average molecular weight is 512 g/mol. The number of hydrogen-bond acceptors (Lipinski definition) is 4. The minimum absolute atomic E-state index is 0.122. The first-order valence-electron chi connectivity index (χ1n) is 14.4. The Morgan fingerprint density at radius 1 is 0.639 bits per heavy atom. The number of nitrogens with zero attached hydrogens (tertiary/aromatic N) is 1. The summed E-state index contributed by atoms with van der Waals surface area (Å²) < 4.78 is -0.481. The van der Waals surface area contributed by atoms with Gasteiger partial charge in [-0.25, -0.2) is 9.59 Å². The number of carboxylic acids is 3. The van der Waals surface area contributed by atoms with Gasteiger partial charge < -0.3 is 20.1 Å². The summed E-state index contributed by atoms with van der Waals surface area (Å²) in [5.41, 5.74) is 0. The number of carbonyl (C=O) groups is 3. The molecule has 0 saturated heterocycles. The van der Waals surface area contributed by atoms with Crippen LogP contribution in [0.1, 0.15) is 130 Å². The fourth-order valence-corrected chi connectivity index (χ4v) is 5.72. The second-order valence-corrected chi connectivity index (χ2v) is 10.1. The Hall–Kier alpha value is -1.89. The highest BCUT2D eigenvalue weighted by atomic mass is 16.4. The lowest BCUT2D eigenvalue weighted by atomic mass is 9.94. The highest BCUT2D eigenvalue weighted by Crippen LogP contribution is 2.32. The zero-order valence-electron chi connectivity index (χ0n) is 23.4. The molecule has 0 aromatic carbocycles. The summed E-state index contributed by atoms with van der Waals surface area (Å²) in [5.74, 6) is -3.68. The SMILES string of the molecule is CCCCCCCCCC/C=C/CCCCC[N+](C(CC)C(=O)[O-])(C(CC)C(=O)O)C(CC)C(=O)O. The van der Waals surface area contributed by atoms with Crippen LogP contribution in [0.25, 0.3) is 0 Å². The van der Waals surface area contributed by atoms with Gasteiger partial charge in [-0.05, 0) is 38.5 Å². The van der Waals surface area contributed by atoms with Crippen molar-refractivity contribution in [3.63, 3.8) is 0 Å². The molecule has 3 unspecified atom stereocenters. The third-order valence-electron chi connectivity index (χ3n) is 7.55. The predicted molar refractivity (Wildman–Crippen MR) is 142 cm³/mol. The van der Waals surface area contributed by atoms with Gasteiger partial charge in [0.25, 0.3) is 0 Å². The Labute approximate surface area is 219 Å². The Bertz CT molecular complexity index is 593. The molecular weight excluding hydrogens is 458 g/mol. The molecule has 0 heterocycles. The molecular formula is C29H53NO6. The number of allylic oxidation sites excluding steroid dienone is 2. The summed E-state index contributed by atoms with van der Waals surface area (Å²) in [7, 11) is 0. The Morgan fingerprint density at radius 3 is 1.39 bits per heavy atom. The van der Waals surface area contributed by atoms with Gasteiger partial charge in [-0.15, -0.1) is 0 Å². The number of carbonyl (C=O) groups excluding carboxylic acids is 1. The van der Waals surface area contributed by atoms with E-state index in [2.05, 4.69) is 19.1 Å². The topological polar surface area (TPSA) is 115 Å². The Balaban J connectivity index is 4.93. The molecule has 0 amide bonds. The van der Waals surface area contributed by atoms with E-state index in [0.29, 0.717) is 6.42 Å². The van der Waals surface area contributed by atoms with Gasteiger partial charge in [0, 0.05) is 19.3 Å². The van der Waals surface area contributed by atoms with Crippen LogP contribution in [0.3, 0.4) is 0 Å². The molecule has 0 rings (SSSR count). The molecule has 210 valence electrons. The third-order valence-corrected chi connectivity index (χ3v) is 7.55. The minimum atomic E-state index is -1.37. The summed E-state index contributed by atoms with van der Waals surface area (Å²) in [6.45, 7) is 7.46. The number of hydrogen-bond donors (Lipinski definition) is 2. The lowest BCUT2D eigenvalue weighted by Gasteiger charge is -2.51. The minimum Gasteiger partial charge on any atom is -0.544 e. The average Bonchev–Trinajstić information content (AvgIpc) is 2.82. The molecule has 0 saturated carbocycles. The summed E-state index contributed by atoms with van der Waals surface area (Å²) in [6.07, 6.45) is 19.6. The molecule has 0 aliphatic rings. The van der Waals surface area contributed by atoms with Gasteiger partial charge in [0.05, 0.1) is 12.5 Å². The van der Waals surface area contributed by atoms with Crippen LogP contribution in [-0.2, 0) is 14.4 Å². The third kappa shape index (κ3) is 11.4. The van der Waals surface area contributed by atoms with Gasteiger partial charge in [-0.1, -0.05) is 84.8 Å². The predicted octanol–water partition coefficient (Wildman–Crippen LogP) is 5.71. The molecule has 0 bridgehead atoms. The van der Waals surface area contributed by atoms with E-state index >= 15 is 0 Å². The molecule has 3 atom stereocenters. The van der Waals surface area contributed by atoms with Crippen LogP contribution in [0, 0.1) is 0 Å². The van der Waals surface area contributed by atoms with Crippen LogP contribution in [0.4, 0.5) is 0 Å². The van der Waals surface area contributed by atoms with E-state index in [4.69, 9.17) is 0 Å². The van der Waals surface area contributed by atoms with Crippen molar-refractivity contribution in [1.29, 1.82) is 0 Å². The van der Waals surface area contributed by atoms with E-state index in [-0.39, 0.29) is 25.8 Å². The number of carboxylic acid groups (broad SMARTS) is 3. The van der Waals surface area contributed by atoms with Crippen LogP contribution >= 0.6 is 0 Å². The molecule has 0 aliphatic carbocycles. The summed E-state index contributed by atoms with van der Waals surface area (Å²) in [5, 5.41) is 32.0. The fourth-order valence-electron chi connectivity index (χ4n) is 5.72. The van der Waals surface area contributed by atoms with Gasteiger partial charge in [-0.2, -0.15) is 0 Å². The molecule has 7 nitrogen and oxygen atoms in total. The standard InChI is InChI=1S/C29H53NO6/c1-5-9-10-11-12-13-14-15-16-17-18-19-20-21-22-23-30(24(6-2)27(31)32,25(7-3)28(33)34)26(8-4)29(35)36/h17-18,24-26H,5-16,19-23H2,1-4H3,(H2-,31,32,33,34,35,36)/b18-17+. The molecule has 0 aliphatic heterocycles. The number of rotatable bonds is 24. The lowest BCUT2D eigenvalue weighted by molar-refractivity contribution is -0.974. The largest absolute Gasteiger partial charge is 0.544 e. The number of unbranched alkanes of at least 4 members (excludes halogenated alkanes) is 11. The first-order chi connectivity index (χ1) is 17.2. The van der Waals surface area contributed by atoms with Gasteiger partial charge >= 0.3 is 11.9 Å². The zero-order valence-corrected chi connectivity index (χ0v) is 23.4. The first-order valence-corrected chi connectivity index (χ1v) is 14.4. The number of quaternary nitrogens is 1. The van der Waals surface area contributed by atoms with Crippen molar-refractivity contribution >= 4 is 17.9 Å². The molecule has 0 aromatic rings. The maximum atomic E-state index is 12.2. The second kappa shape index (κ2) is 20.2. The van der Waals surface area contributed by atoms with Crippen molar-refractivity contribution in [2.45, 2.75) is 149 Å². The second-order valence-electron chi connectivity index (χ2n) is 10.1. The molecule has 0 spiro atoms. The van der Waals surface area contributed by atoms with Crippen molar-refractivity contribution in [2.24, 2.45) is 0 Å². The van der Waals surface area contributed by atoms with Crippen LogP contribution in [-0.4, -0.2) is 57.3 Å². The Kier molecular flexibility index (Phi) is 19.1. The molecule has 0 aromatic heterocycles. The summed E-state index contributed by atoms with van der Waals surface area (Å²) >= 11 is 0. The van der Waals surface area contributed by atoms with E-state index in [0.717, 1.165) is 25.7 Å². The zero-order chi connectivity index (χ0) is 27.4. The monoisotopic (exact) mass is 511 g/mol. The van der Waals surface area contributed by atoms with Crippen molar-refractivity contribution < 1.29 is 34.2 Å². The Morgan fingerprint density at radius 2 is 1.03 bits per heavy atom. The lowest BCUT2D eigenvalue weighted by Crippen LogP contribution is -2.73. The van der Waals surface area contributed by atoms with Crippen LogP contribution in [0.15, 0.2) is 12.2 Å². The highest BCUT2D eigenvalue weighted by Gasteiger charge is 2.53. The van der Waals surface area contributed by atoms with Crippen LogP contribution < -0.4 is 5.11 Å². The molecule has 0 fully saturated rings. The van der Waals surface area contributed by atoms with E-state index in [1.807, 2.05) is 0 Å². The molecule has 0 radical (unpaired) electrons. The first kappa shape index (κ1) is 34.1. The smallest absolute Gasteiger partial charge is 0.362 e. The number of aliphatic carboxylic acids is 3. The fraction of sp³-hybridized carbons (Fsp3) is 0.828. The maximum Gasteiger partial charge on any atom is 0.362 e.